The molecule has 18 heavy (non-hydrogen) atoms. The van der Waals surface area contributed by atoms with E-state index in [1.54, 1.807) is 13.2 Å². The van der Waals surface area contributed by atoms with E-state index in [4.69, 9.17) is 4.74 Å². The molecule has 100 valence electrons. The lowest BCUT2D eigenvalue weighted by Gasteiger charge is -2.41. The lowest BCUT2D eigenvalue weighted by molar-refractivity contribution is -0.0706. The van der Waals surface area contributed by atoms with Crippen molar-refractivity contribution in [2.45, 2.75) is 44.8 Å². The van der Waals surface area contributed by atoms with E-state index in [0.717, 1.165) is 24.9 Å². The van der Waals surface area contributed by atoms with Crippen molar-refractivity contribution in [3.8, 4) is 5.75 Å². The molecule has 1 aromatic rings. The minimum absolute atomic E-state index is 0.0215. The van der Waals surface area contributed by atoms with Gasteiger partial charge >= 0.3 is 0 Å². The van der Waals surface area contributed by atoms with Crippen LogP contribution in [0.5, 0.6) is 5.75 Å². The third kappa shape index (κ3) is 2.68. The Kier molecular flexibility index (Phi) is 3.93. The van der Waals surface area contributed by atoms with Gasteiger partial charge in [-0.15, -0.1) is 0 Å². The number of nitrogens with one attached hydrogen (secondary N) is 1. The Balaban J connectivity index is 1.99. The van der Waals surface area contributed by atoms with Crippen LogP contribution in [0.25, 0.3) is 0 Å². The van der Waals surface area contributed by atoms with E-state index in [-0.39, 0.29) is 11.6 Å². The Hall–Kier alpha value is -1.06. The molecule has 0 aromatic heterocycles. The number of hydrogen-bond donors (Lipinski definition) is 2. The predicted molar refractivity (Wildman–Crippen MR) is 72.9 cm³/mol. The van der Waals surface area contributed by atoms with Crippen molar-refractivity contribution >= 4 is 0 Å². The normalized spacial score (nSPS) is 19.3. The quantitative estimate of drug-likeness (QED) is 0.843. The number of benzene rings is 1. The minimum atomic E-state index is 0.0215. The molecule has 1 aliphatic rings. The van der Waals surface area contributed by atoms with E-state index < -0.39 is 0 Å². The van der Waals surface area contributed by atoms with Gasteiger partial charge in [0.1, 0.15) is 5.75 Å². The van der Waals surface area contributed by atoms with Crippen LogP contribution in [0.3, 0.4) is 0 Å². The maximum Gasteiger partial charge on any atom is 0.120 e. The van der Waals surface area contributed by atoms with E-state index in [0.29, 0.717) is 5.75 Å². The van der Waals surface area contributed by atoms with Gasteiger partial charge < -0.3 is 15.2 Å². The number of phenolic OH excluding ortho intramolecular Hbond substituents is 1. The molecule has 3 heteroatoms. The Labute approximate surface area is 109 Å². The number of phenols is 1. The highest BCUT2D eigenvalue weighted by Gasteiger charge is 2.36. The standard InChI is InChI=1S/C15H23NO2/c1-11-5-6-14(17)13(9-11)12(2)16-10-15(18-3)7-4-8-15/h5-6,9,12,16-17H,4,7-8,10H2,1-3H3. The summed E-state index contributed by atoms with van der Waals surface area (Å²) >= 11 is 0. The zero-order valence-corrected chi connectivity index (χ0v) is 11.5. The van der Waals surface area contributed by atoms with Gasteiger partial charge in [-0.25, -0.2) is 0 Å². The van der Waals surface area contributed by atoms with Crippen molar-refractivity contribution in [1.82, 2.24) is 5.32 Å². The molecule has 0 radical (unpaired) electrons. The molecule has 3 nitrogen and oxygen atoms in total. The van der Waals surface area contributed by atoms with Crippen LogP contribution in [0, 0.1) is 6.92 Å². The maximum absolute atomic E-state index is 9.89. The third-order valence-electron chi connectivity index (χ3n) is 4.08. The second kappa shape index (κ2) is 5.29. The van der Waals surface area contributed by atoms with Gasteiger partial charge in [0.25, 0.3) is 0 Å². The first kappa shape index (κ1) is 13.4. The van der Waals surface area contributed by atoms with Crippen LogP contribution in [0.2, 0.25) is 0 Å². The number of ether oxygens (including phenoxy) is 1. The summed E-state index contributed by atoms with van der Waals surface area (Å²) in [5.41, 5.74) is 2.15. The molecule has 0 aliphatic heterocycles. The molecular formula is C15H23NO2. The molecule has 0 heterocycles. The second-order valence-corrected chi connectivity index (χ2v) is 5.41. The van der Waals surface area contributed by atoms with E-state index >= 15 is 0 Å². The molecule has 0 saturated heterocycles. The third-order valence-corrected chi connectivity index (χ3v) is 4.08. The molecule has 1 atom stereocenters. The summed E-state index contributed by atoms with van der Waals surface area (Å²) in [6.07, 6.45) is 3.51. The van der Waals surface area contributed by atoms with Crippen LogP contribution in [-0.4, -0.2) is 24.4 Å². The summed E-state index contributed by atoms with van der Waals surface area (Å²) in [7, 11) is 1.79. The summed E-state index contributed by atoms with van der Waals surface area (Å²) in [5, 5.41) is 13.4. The monoisotopic (exact) mass is 249 g/mol. The van der Waals surface area contributed by atoms with Crippen molar-refractivity contribution in [2.75, 3.05) is 13.7 Å². The van der Waals surface area contributed by atoms with Crippen LogP contribution in [0.1, 0.15) is 43.4 Å². The maximum atomic E-state index is 9.89. The number of hydrogen-bond acceptors (Lipinski definition) is 3. The minimum Gasteiger partial charge on any atom is -0.508 e. The Morgan fingerprint density at radius 2 is 2.17 bits per heavy atom. The summed E-state index contributed by atoms with van der Waals surface area (Å²) in [6, 6.07) is 5.86. The number of aryl methyl sites for hydroxylation is 1. The highest BCUT2D eigenvalue weighted by atomic mass is 16.5. The highest BCUT2D eigenvalue weighted by Crippen LogP contribution is 2.35. The fourth-order valence-electron chi connectivity index (χ4n) is 2.49. The fourth-order valence-corrected chi connectivity index (χ4v) is 2.49. The summed E-state index contributed by atoms with van der Waals surface area (Å²) in [6.45, 7) is 4.97. The van der Waals surface area contributed by atoms with Gasteiger partial charge in [0.15, 0.2) is 0 Å². The Morgan fingerprint density at radius 3 is 2.72 bits per heavy atom. The zero-order valence-electron chi connectivity index (χ0n) is 11.5. The molecule has 0 spiro atoms. The number of aromatic hydroxyl groups is 1. The van der Waals surface area contributed by atoms with E-state index in [2.05, 4.69) is 12.2 Å². The SMILES string of the molecule is COC1(CNC(C)c2cc(C)ccc2O)CCC1. The van der Waals surface area contributed by atoms with E-state index in [9.17, 15) is 5.11 Å². The van der Waals surface area contributed by atoms with Crippen LogP contribution < -0.4 is 5.32 Å². The van der Waals surface area contributed by atoms with Crippen molar-refractivity contribution in [2.24, 2.45) is 0 Å². The van der Waals surface area contributed by atoms with Gasteiger partial charge in [-0.05, 0) is 39.2 Å². The molecule has 1 aromatic carbocycles. The number of rotatable bonds is 5. The van der Waals surface area contributed by atoms with Crippen molar-refractivity contribution in [3.63, 3.8) is 0 Å². The molecule has 0 amide bonds. The lowest BCUT2D eigenvalue weighted by Crippen LogP contribution is -2.48. The van der Waals surface area contributed by atoms with Crippen LogP contribution in [-0.2, 0) is 4.74 Å². The van der Waals surface area contributed by atoms with Gasteiger partial charge in [0, 0.05) is 25.3 Å². The van der Waals surface area contributed by atoms with Crippen molar-refractivity contribution in [3.05, 3.63) is 29.3 Å². The van der Waals surface area contributed by atoms with Crippen molar-refractivity contribution in [1.29, 1.82) is 0 Å². The molecular weight excluding hydrogens is 226 g/mol. The highest BCUT2D eigenvalue weighted by molar-refractivity contribution is 5.37. The molecule has 1 saturated carbocycles. The molecule has 0 bridgehead atoms. The van der Waals surface area contributed by atoms with E-state index in [1.807, 2.05) is 19.1 Å². The van der Waals surface area contributed by atoms with Crippen LogP contribution >= 0.6 is 0 Å². The summed E-state index contributed by atoms with van der Waals surface area (Å²) in [5.74, 6) is 0.362. The van der Waals surface area contributed by atoms with Gasteiger partial charge in [-0.1, -0.05) is 17.7 Å². The second-order valence-electron chi connectivity index (χ2n) is 5.41. The van der Waals surface area contributed by atoms with Crippen molar-refractivity contribution < 1.29 is 9.84 Å². The first-order valence-electron chi connectivity index (χ1n) is 6.64. The lowest BCUT2D eigenvalue weighted by atomic mass is 9.79. The van der Waals surface area contributed by atoms with Gasteiger partial charge in [0.2, 0.25) is 0 Å². The Bertz CT molecular complexity index is 407. The molecule has 2 N–H and O–H groups in total. The molecule has 1 unspecified atom stereocenters. The average Bonchev–Trinajstić information content (AvgIpc) is 2.31. The largest absolute Gasteiger partial charge is 0.508 e. The first-order chi connectivity index (χ1) is 8.56. The van der Waals surface area contributed by atoms with Gasteiger partial charge in [-0.2, -0.15) is 0 Å². The van der Waals surface area contributed by atoms with Crippen LogP contribution in [0.4, 0.5) is 0 Å². The van der Waals surface area contributed by atoms with Crippen LogP contribution in [0.15, 0.2) is 18.2 Å². The predicted octanol–water partition coefficient (Wildman–Crippen LogP) is 2.92. The average molecular weight is 249 g/mol. The molecule has 1 aliphatic carbocycles. The van der Waals surface area contributed by atoms with E-state index in [1.165, 1.54) is 12.0 Å². The molecule has 2 rings (SSSR count). The zero-order chi connectivity index (χ0) is 13.2. The van der Waals surface area contributed by atoms with Gasteiger partial charge in [-0.3, -0.25) is 0 Å². The smallest absolute Gasteiger partial charge is 0.120 e. The first-order valence-corrected chi connectivity index (χ1v) is 6.64. The molecule has 1 fully saturated rings. The Morgan fingerprint density at radius 1 is 1.44 bits per heavy atom. The topological polar surface area (TPSA) is 41.5 Å². The summed E-state index contributed by atoms with van der Waals surface area (Å²) < 4.78 is 5.59. The fraction of sp³-hybridized carbons (Fsp3) is 0.600. The summed E-state index contributed by atoms with van der Waals surface area (Å²) in [4.78, 5) is 0. The van der Waals surface area contributed by atoms with Gasteiger partial charge in [0.05, 0.1) is 5.60 Å². The number of methoxy groups -OCH3 is 1.